The number of carbonyl (C=O) groups is 3. The van der Waals surface area contributed by atoms with Gasteiger partial charge in [-0.1, -0.05) is 64.7 Å². The monoisotopic (exact) mass is 497 g/mol. The van der Waals surface area contributed by atoms with Gasteiger partial charge in [0.2, 0.25) is 11.8 Å². The number of alkyl carbamates (subject to hydrolysis) is 1. The molecule has 0 aromatic heterocycles. The van der Waals surface area contributed by atoms with Gasteiger partial charge < -0.3 is 25.4 Å². The summed E-state index contributed by atoms with van der Waals surface area (Å²) in [5, 5.41) is 14.8. The van der Waals surface area contributed by atoms with Gasteiger partial charge in [-0.05, 0) is 46.5 Å². The normalized spacial score (nSPS) is 17.1. The fourth-order valence-corrected chi connectivity index (χ4v) is 4.43. The molecule has 0 bridgehead atoms. The lowest BCUT2D eigenvalue weighted by Gasteiger charge is -2.36. The molecule has 0 saturated carbocycles. The molecule has 1 aliphatic rings. The zero-order chi connectivity index (χ0) is 26.1. The maximum atomic E-state index is 12.9. The minimum atomic E-state index is -1.09. The van der Waals surface area contributed by atoms with Crippen molar-refractivity contribution in [2.24, 2.45) is 0 Å². The molecule has 3 amide bonds. The minimum absolute atomic E-state index is 0.0517. The van der Waals surface area contributed by atoms with Crippen molar-refractivity contribution in [1.29, 1.82) is 0 Å². The molecule has 1 heterocycles. The second-order valence-electron chi connectivity index (χ2n) is 10.8. The van der Waals surface area contributed by atoms with Crippen LogP contribution in [0.15, 0.2) is 0 Å². The van der Waals surface area contributed by atoms with Gasteiger partial charge in [-0.2, -0.15) is 0 Å². The van der Waals surface area contributed by atoms with Crippen LogP contribution in [0.2, 0.25) is 0 Å². The van der Waals surface area contributed by atoms with Gasteiger partial charge in [0.05, 0.1) is 6.61 Å². The molecule has 8 heteroatoms. The second-order valence-corrected chi connectivity index (χ2v) is 10.8. The van der Waals surface area contributed by atoms with E-state index in [1.807, 2.05) is 4.90 Å². The lowest BCUT2D eigenvalue weighted by atomic mass is 10.0. The summed E-state index contributed by atoms with van der Waals surface area (Å²) in [6.45, 7) is 7.92. The quantitative estimate of drug-likeness (QED) is 0.268. The van der Waals surface area contributed by atoms with Crippen LogP contribution in [0.1, 0.15) is 118 Å². The van der Waals surface area contributed by atoms with Crippen LogP contribution >= 0.6 is 0 Å². The topological polar surface area (TPSA) is 108 Å². The summed E-state index contributed by atoms with van der Waals surface area (Å²) >= 11 is 0. The van der Waals surface area contributed by atoms with E-state index < -0.39 is 30.3 Å². The molecule has 0 aliphatic carbocycles. The van der Waals surface area contributed by atoms with Crippen LogP contribution in [0.4, 0.5) is 4.79 Å². The molecule has 1 rings (SSSR count). The number of likely N-dealkylation sites (tertiary alicyclic amines) is 1. The van der Waals surface area contributed by atoms with Crippen molar-refractivity contribution in [2.45, 2.75) is 135 Å². The molecule has 0 aromatic carbocycles. The average molecular weight is 498 g/mol. The van der Waals surface area contributed by atoms with Gasteiger partial charge in [0, 0.05) is 25.6 Å². The van der Waals surface area contributed by atoms with E-state index in [9.17, 15) is 19.5 Å². The number of unbranched alkanes of at least 4 members (excludes halogenated alkanes) is 9. The Morgan fingerprint density at radius 1 is 0.971 bits per heavy atom. The van der Waals surface area contributed by atoms with Crippen LogP contribution in [0.25, 0.3) is 0 Å². The predicted octanol–water partition coefficient (Wildman–Crippen LogP) is 4.68. The molecule has 0 radical (unpaired) electrons. The molecule has 1 fully saturated rings. The predicted molar refractivity (Wildman–Crippen MR) is 139 cm³/mol. The lowest BCUT2D eigenvalue weighted by Crippen LogP contribution is -2.54. The third-order valence-electron chi connectivity index (χ3n) is 6.39. The van der Waals surface area contributed by atoms with E-state index in [-0.39, 0.29) is 11.9 Å². The Morgan fingerprint density at radius 2 is 1.57 bits per heavy atom. The van der Waals surface area contributed by atoms with Gasteiger partial charge in [0.25, 0.3) is 0 Å². The van der Waals surface area contributed by atoms with E-state index in [1.165, 1.54) is 51.4 Å². The Hall–Kier alpha value is -1.83. The number of carbonyl (C=O) groups excluding carboxylic acids is 3. The fraction of sp³-hybridized carbons (Fsp3) is 0.889. The highest BCUT2D eigenvalue weighted by molar-refractivity contribution is 5.86. The second kappa shape index (κ2) is 17.6. The highest BCUT2D eigenvalue weighted by Gasteiger charge is 2.28. The first kappa shape index (κ1) is 31.2. The molecular formula is C27H51N3O5. The standard InChI is InChI=1S/C27H51N3O5/c1-5-6-7-8-9-10-11-12-13-14-18-24(32)30-19-16-15-17-22(30)20-28-25(33)23(21-31)29-26(34)35-27(2,3)4/h22-23,31H,5-21H2,1-4H3,(H,28,33)(H,29,34). The van der Waals surface area contributed by atoms with Crippen molar-refractivity contribution < 1.29 is 24.2 Å². The van der Waals surface area contributed by atoms with Gasteiger partial charge in [-0.15, -0.1) is 0 Å². The molecule has 1 saturated heterocycles. The molecule has 204 valence electrons. The van der Waals surface area contributed by atoms with E-state index >= 15 is 0 Å². The van der Waals surface area contributed by atoms with Gasteiger partial charge in [-0.3, -0.25) is 9.59 Å². The summed E-state index contributed by atoms with van der Waals surface area (Å²) in [6.07, 6.45) is 15.0. The van der Waals surface area contributed by atoms with Crippen molar-refractivity contribution in [2.75, 3.05) is 19.7 Å². The number of nitrogens with one attached hydrogen (secondary N) is 2. The zero-order valence-corrected chi connectivity index (χ0v) is 22.7. The van der Waals surface area contributed by atoms with Gasteiger partial charge in [0.1, 0.15) is 11.6 Å². The van der Waals surface area contributed by atoms with Crippen LogP contribution in [-0.2, 0) is 14.3 Å². The fourth-order valence-electron chi connectivity index (χ4n) is 4.43. The van der Waals surface area contributed by atoms with Crippen LogP contribution in [-0.4, -0.2) is 65.3 Å². The van der Waals surface area contributed by atoms with Gasteiger partial charge in [-0.25, -0.2) is 4.79 Å². The highest BCUT2D eigenvalue weighted by Crippen LogP contribution is 2.19. The Morgan fingerprint density at radius 3 is 2.14 bits per heavy atom. The Balaban J connectivity index is 2.35. The Bertz CT molecular complexity index is 620. The first-order chi connectivity index (χ1) is 16.7. The average Bonchev–Trinajstić information content (AvgIpc) is 2.81. The van der Waals surface area contributed by atoms with Crippen LogP contribution in [0.3, 0.4) is 0 Å². The summed E-state index contributed by atoms with van der Waals surface area (Å²) in [4.78, 5) is 39.2. The van der Waals surface area contributed by atoms with Crippen molar-refractivity contribution in [3.8, 4) is 0 Å². The molecule has 3 N–H and O–H groups in total. The molecular weight excluding hydrogens is 446 g/mol. The highest BCUT2D eigenvalue weighted by atomic mass is 16.6. The third-order valence-corrected chi connectivity index (χ3v) is 6.39. The summed E-state index contributed by atoms with van der Waals surface area (Å²) < 4.78 is 5.16. The number of amides is 3. The molecule has 35 heavy (non-hydrogen) atoms. The molecule has 1 aliphatic heterocycles. The summed E-state index contributed by atoms with van der Waals surface area (Å²) in [6, 6.07) is -1.14. The number of hydrogen-bond acceptors (Lipinski definition) is 5. The smallest absolute Gasteiger partial charge is 0.408 e. The van der Waals surface area contributed by atoms with Gasteiger partial charge in [0.15, 0.2) is 0 Å². The van der Waals surface area contributed by atoms with Crippen molar-refractivity contribution in [3.63, 3.8) is 0 Å². The van der Waals surface area contributed by atoms with Crippen LogP contribution in [0, 0.1) is 0 Å². The first-order valence-electron chi connectivity index (χ1n) is 13.9. The number of ether oxygens (including phenoxy) is 1. The Kier molecular flexibility index (Phi) is 15.7. The molecule has 2 atom stereocenters. The lowest BCUT2D eigenvalue weighted by molar-refractivity contribution is -0.135. The minimum Gasteiger partial charge on any atom is -0.444 e. The summed E-state index contributed by atoms with van der Waals surface area (Å²) in [5.74, 6) is -0.319. The van der Waals surface area contributed by atoms with Crippen LogP contribution < -0.4 is 10.6 Å². The first-order valence-corrected chi connectivity index (χ1v) is 13.9. The SMILES string of the molecule is CCCCCCCCCCCCC(=O)N1CCCCC1CNC(=O)C(CO)NC(=O)OC(C)(C)C. The van der Waals surface area contributed by atoms with Crippen molar-refractivity contribution >= 4 is 17.9 Å². The largest absolute Gasteiger partial charge is 0.444 e. The number of hydrogen-bond donors (Lipinski definition) is 3. The number of rotatable bonds is 16. The number of aliphatic hydroxyl groups excluding tert-OH is 1. The third kappa shape index (κ3) is 14.4. The molecule has 0 spiro atoms. The van der Waals surface area contributed by atoms with Crippen LogP contribution in [0.5, 0.6) is 0 Å². The van der Waals surface area contributed by atoms with E-state index in [4.69, 9.17) is 4.74 Å². The zero-order valence-electron chi connectivity index (χ0n) is 22.7. The van der Waals surface area contributed by atoms with E-state index in [0.717, 1.165) is 38.6 Å². The van der Waals surface area contributed by atoms with E-state index in [2.05, 4.69) is 17.6 Å². The summed E-state index contributed by atoms with van der Waals surface area (Å²) in [5.41, 5.74) is -0.697. The Labute approximate surface area is 212 Å². The van der Waals surface area contributed by atoms with Crippen molar-refractivity contribution in [1.82, 2.24) is 15.5 Å². The maximum Gasteiger partial charge on any atom is 0.408 e. The number of piperidine rings is 1. The molecule has 0 aromatic rings. The summed E-state index contributed by atoms with van der Waals surface area (Å²) in [7, 11) is 0. The van der Waals surface area contributed by atoms with E-state index in [0.29, 0.717) is 13.0 Å². The molecule has 8 nitrogen and oxygen atoms in total. The van der Waals surface area contributed by atoms with Crippen molar-refractivity contribution in [3.05, 3.63) is 0 Å². The number of nitrogens with zero attached hydrogens (tertiary/aromatic N) is 1. The van der Waals surface area contributed by atoms with Gasteiger partial charge >= 0.3 is 6.09 Å². The molecule has 2 unspecified atom stereocenters. The maximum absolute atomic E-state index is 12.9. The number of aliphatic hydroxyl groups is 1. The van der Waals surface area contributed by atoms with E-state index in [1.54, 1.807) is 20.8 Å².